The number of hydrogen-bond acceptors (Lipinski definition) is 6. The van der Waals surface area contributed by atoms with Crippen molar-refractivity contribution >= 4 is 28.5 Å². The predicted molar refractivity (Wildman–Crippen MR) is 139 cm³/mol. The van der Waals surface area contributed by atoms with E-state index in [4.69, 9.17) is 9.47 Å². The fraction of sp³-hybridized carbons (Fsp3) is 0.286. The van der Waals surface area contributed by atoms with Crippen LogP contribution < -0.4 is 19.7 Å². The summed E-state index contributed by atoms with van der Waals surface area (Å²) in [7, 11) is 0. The van der Waals surface area contributed by atoms with E-state index in [1.165, 1.54) is 27.8 Å². The van der Waals surface area contributed by atoms with Gasteiger partial charge in [-0.05, 0) is 50.6 Å². The first kappa shape index (κ1) is 25.2. The van der Waals surface area contributed by atoms with Crippen molar-refractivity contribution in [2.45, 2.75) is 45.3 Å². The molecule has 4 aromatic rings. The minimum Gasteiger partial charge on any atom is -0.454 e. The maximum atomic E-state index is 15.3. The first-order valence-electron chi connectivity index (χ1n) is 12.3. The molecule has 0 fully saturated rings. The van der Waals surface area contributed by atoms with Gasteiger partial charge in [0.05, 0.1) is 5.52 Å². The van der Waals surface area contributed by atoms with E-state index in [2.05, 4.69) is 15.6 Å². The maximum Gasteiger partial charge on any atom is 0.249 e. The second kappa shape index (κ2) is 10.1. The molecule has 10 heteroatoms. The lowest BCUT2D eigenvalue weighted by Crippen LogP contribution is -2.51. The van der Waals surface area contributed by atoms with Crippen LogP contribution in [0.25, 0.3) is 11.0 Å². The van der Waals surface area contributed by atoms with E-state index >= 15 is 4.39 Å². The minimum atomic E-state index is -1.32. The lowest BCUT2D eigenvalue weighted by atomic mass is 9.98. The number of anilines is 1. The fourth-order valence-electron chi connectivity index (χ4n) is 4.30. The number of fused-ring (bicyclic) bond motifs is 2. The largest absolute Gasteiger partial charge is 0.454 e. The molecular weight excluding hydrogens is 489 g/mol. The van der Waals surface area contributed by atoms with Gasteiger partial charge in [0.15, 0.2) is 11.5 Å². The molecule has 0 radical (unpaired) electrons. The molecule has 0 spiro atoms. The molecule has 1 atom stereocenters. The predicted octanol–water partition coefficient (Wildman–Crippen LogP) is 4.38. The average Bonchev–Trinajstić information content (AvgIpc) is 3.54. The number of amides is 2. The third kappa shape index (κ3) is 4.89. The monoisotopic (exact) mass is 517 g/mol. The molecule has 1 aliphatic heterocycles. The summed E-state index contributed by atoms with van der Waals surface area (Å²) < 4.78 is 27.7. The highest BCUT2D eigenvalue weighted by Gasteiger charge is 2.37. The zero-order valence-corrected chi connectivity index (χ0v) is 21.3. The number of aromatic nitrogens is 3. The van der Waals surface area contributed by atoms with Crippen LogP contribution in [0, 0.1) is 5.82 Å². The van der Waals surface area contributed by atoms with Crippen LogP contribution in [-0.2, 0) is 16.1 Å². The fourth-order valence-corrected chi connectivity index (χ4v) is 4.30. The van der Waals surface area contributed by atoms with Crippen molar-refractivity contribution in [3.63, 3.8) is 0 Å². The molecule has 2 amide bonds. The summed E-state index contributed by atoms with van der Waals surface area (Å²) in [6.07, 6.45) is 0.631. The molecule has 0 unspecified atom stereocenters. The highest BCUT2D eigenvalue weighted by Crippen LogP contribution is 2.39. The standard InChI is InChI=1S/C28H28FN5O4/c1-4-28(2,3)30-27(36)26(19-9-5-6-10-20(19)29)34(18-13-14-23-24(15-18)38-17-37-23)25(35)16-33-22-12-8-7-11-21(22)31-32-33/h5-15,26H,4,16-17H2,1-3H3,(H,30,36)/t26-/m0/s1. The van der Waals surface area contributed by atoms with Gasteiger partial charge in [-0.2, -0.15) is 0 Å². The third-order valence-electron chi connectivity index (χ3n) is 6.66. The van der Waals surface area contributed by atoms with Gasteiger partial charge in [0.1, 0.15) is 23.9 Å². The van der Waals surface area contributed by atoms with Gasteiger partial charge in [0, 0.05) is 22.9 Å². The molecule has 1 aromatic heterocycles. The highest BCUT2D eigenvalue weighted by atomic mass is 19.1. The van der Waals surface area contributed by atoms with Crippen LogP contribution in [0.4, 0.5) is 10.1 Å². The van der Waals surface area contributed by atoms with E-state index < -0.39 is 29.2 Å². The lowest BCUT2D eigenvalue weighted by molar-refractivity contribution is -0.128. The number of rotatable bonds is 8. The number of halogens is 1. The van der Waals surface area contributed by atoms with E-state index in [0.717, 1.165) is 0 Å². The molecule has 0 saturated heterocycles. The number of nitrogens with one attached hydrogen (secondary N) is 1. The summed E-state index contributed by atoms with van der Waals surface area (Å²) in [6, 6.07) is 16.8. The Balaban J connectivity index is 1.63. The molecule has 1 aliphatic rings. The molecule has 0 saturated carbocycles. The van der Waals surface area contributed by atoms with Crippen molar-refractivity contribution in [1.82, 2.24) is 20.3 Å². The summed E-state index contributed by atoms with van der Waals surface area (Å²) in [6.45, 7) is 5.49. The average molecular weight is 518 g/mol. The maximum absolute atomic E-state index is 15.3. The van der Waals surface area contributed by atoms with Crippen LogP contribution in [0.5, 0.6) is 11.5 Å². The zero-order valence-electron chi connectivity index (χ0n) is 21.3. The molecule has 5 rings (SSSR count). The Hall–Kier alpha value is -4.47. The topological polar surface area (TPSA) is 98.6 Å². The normalized spacial score (nSPS) is 13.4. The van der Waals surface area contributed by atoms with Gasteiger partial charge in [-0.25, -0.2) is 9.07 Å². The number of hydrogen-bond donors (Lipinski definition) is 1. The molecular formula is C28H28FN5O4. The Morgan fingerprint density at radius 1 is 1.08 bits per heavy atom. The molecule has 38 heavy (non-hydrogen) atoms. The summed E-state index contributed by atoms with van der Waals surface area (Å²) in [5, 5.41) is 11.3. The molecule has 196 valence electrons. The second-order valence-corrected chi connectivity index (χ2v) is 9.69. The van der Waals surface area contributed by atoms with Gasteiger partial charge in [-0.1, -0.05) is 42.5 Å². The van der Waals surface area contributed by atoms with Gasteiger partial charge in [0.25, 0.3) is 0 Å². The van der Waals surface area contributed by atoms with Crippen LogP contribution in [-0.4, -0.2) is 39.1 Å². The third-order valence-corrected chi connectivity index (χ3v) is 6.66. The first-order chi connectivity index (χ1) is 18.3. The van der Waals surface area contributed by atoms with E-state index in [1.54, 1.807) is 36.4 Å². The van der Waals surface area contributed by atoms with Gasteiger partial charge in [-0.15, -0.1) is 5.10 Å². The van der Waals surface area contributed by atoms with E-state index in [9.17, 15) is 9.59 Å². The van der Waals surface area contributed by atoms with E-state index in [-0.39, 0.29) is 18.9 Å². The van der Waals surface area contributed by atoms with Gasteiger partial charge < -0.3 is 14.8 Å². The molecule has 0 aliphatic carbocycles. The molecule has 9 nitrogen and oxygen atoms in total. The van der Waals surface area contributed by atoms with Crippen molar-refractivity contribution in [2.75, 3.05) is 11.7 Å². The number of carbonyl (C=O) groups is 2. The number of nitrogens with zero attached hydrogens (tertiary/aromatic N) is 4. The van der Waals surface area contributed by atoms with Crippen molar-refractivity contribution in [3.05, 3.63) is 78.1 Å². The van der Waals surface area contributed by atoms with Gasteiger partial charge in [-0.3, -0.25) is 14.5 Å². The molecule has 2 heterocycles. The van der Waals surface area contributed by atoms with Crippen LogP contribution in [0.1, 0.15) is 38.8 Å². The Labute approximate surface area is 219 Å². The first-order valence-corrected chi connectivity index (χ1v) is 12.3. The zero-order chi connectivity index (χ0) is 26.9. The number of carbonyl (C=O) groups excluding carboxylic acids is 2. The Bertz CT molecular complexity index is 1500. The Morgan fingerprint density at radius 2 is 1.82 bits per heavy atom. The lowest BCUT2D eigenvalue weighted by Gasteiger charge is -2.34. The quantitative estimate of drug-likeness (QED) is 0.373. The second-order valence-electron chi connectivity index (χ2n) is 9.69. The number of ether oxygens (including phenoxy) is 2. The molecule has 1 N–H and O–H groups in total. The van der Waals surface area contributed by atoms with Gasteiger partial charge >= 0.3 is 0 Å². The van der Waals surface area contributed by atoms with Crippen LogP contribution in [0.2, 0.25) is 0 Å². The summed E-state index contributed by atoms with van der Waals surface area (Å²) in [4.78, 5) is 29.2. The van der Waals surface area contributed by atoms with E-state index in [0.29, 0.717) is 34.6 Å². The van der Waals surface area contributed by atoms with Crippen molar-refractivity contribution in [3.8, 4) is 11.5 Å². The SMILES string of the molecule is CCC(C)(C)NC(=O)[C@H](c1ccccc1F)N(C(=O)Cn1nnc2ccccc21)c1ccc2c(c1)OCO2. The minimum absolute atomic E-state index is 0.0413. The Kier molecular flexibility index (Phi) is 6.71. The Morgan fingerprint density at radius 3 is 2.61 bits per heavy atom. The highest BCUT2D eigenvalue weighted by molar-refractivity contribution is 6.02. The van der Waals surface area contributed by atoms with Gasteiger partial charge in [0.2, 0.25) is 18.6 Å². The smallest absolute Gasteiger partial charge is 0.249 e. The van der Waals surface area contributed by atoms with E-state index in [1.807, 2.05) is 32.9 Å². The number of benzene rings is 3. The van der Waals surface area contributed by atoms with Crippen LogP contribution in [0.3, 0.4) is 0 Å². The van der Waals surface area contributed by atoms with Crippen molar-refractivity contribution in [1.29, 1.82) is 0 Å². The summed E-state index contributed by atoms with van der Waals surface area (Å²) in [5.41, 5.74) is 1.10. The summed E-state index contributed by atoms with van der Waals surface area (Å²) >= 11 is 0. The molecule has 0 bridgehead atoms. The van der Waals surface area contributed by atoms with Crippen molar-refractivity contribution in [2.24, 2.45) is 0 Å². The molecule has 3 aromatic carbocycles. The van der Waals surface area contributed by atoms with Crippen LogP contribution in [0.15, 0.2) is 66.7 Å². The van der Waals surface area contributed by atoms with Crippen molar-refractivity contribution < 1.29 is 23.5 Å². The van der Waals surface area contributed by atoms with Crippen LogP contribution >= 0.6 is 0 Å². The summed E-state index contributed by atoms with van der Waals surface area (Å²) in [5.74, 6) is -0.671. The number of para-hydroxylation sites is 1.